The third kappa shape index (κ3) is 0.992. The van der Waals surface area contributed by atoms with Crippen molar-refractivity contribution in [2.45, 2.75) is 32.2 Å². The highest BCUT2D eigenvalue weighted by atomic mass is 15.2. The second-order valence-corrected chi connectivity index (χ2v) is 4.25. The van der Waals surface area contributed by atoms with Crippen LogP contribution in [-0.4, -0.2) is 16.1 Å². The highest BCUT2D eigenvalue weighted by Gasteiger charge is 2.33. The van der Waals surface area contributed by atoms with Crippen molar-refractivity contribution in [3.8, 4) is 0 Å². The predicted octanol–water partition coefficient (Wildman–Crippen LogP) is 1.96. The normalized spacial score (nSPS) is 30.8. The van der Waals surface area contributed by atoms with Crippen molar-refractivity contribution in [2.75, 3.05) is 11.9 Å². The first-order valence-electron chi connectivity index (χ1n) is 5.14. The molecule has 2 heterocycles. The molecule has 2 aliphatic rings. The van der Waals surface area contributed by atoms with E-state index in [-0.39, 0.29) is 0 Å². The Morgan fingerprint density at radius 1 is 1.54 bits per heavy atom. The SMILES string of the molecule is Cc1cn2c(n1)NCC1CCCC12. The van der Waals surface area contributed by atoms with Gasteiger partial charge < -0.3 is 9.88 Å². The standard InChI is InChI=1S/C10H15N3/c1-7-6-13-9-4-2-3-8(9)5-11-10(13)12-7/h6,8-9H,2-5H2,1H3,(H,11,12). The van der Waals surface area contributed by atoms with Gasteiger partial charge in [-0.05, 0) is 25.7 Å². The number of nitrogens with one attached hydrogen (secondary N) is 1. The zero-order valence-electron chi connectivity index (χ0n) is 7.95. The minimum Gasteiger partial charge on any atom is -0.355 e. The number of fused-ring (bicyclic) bond motifs is 3. The van der Waals surface area contributed by atoms with Crippen molar-refractivity contribution in [1.29, 1.82) is 0 Å². The van der Waals surface area contributed by atoms with Gasteiger partial charge in [0.25, 0.3) is 0 Å². The number of rotatable bonds is 0. The van der Waals surface area contributed by atoms with E-state index in [9.17, 15) is 0 Å². The molecule has 1 aromatic heterocycles. The minimum absolute atomic E-state index is 0.734. The molecule has 3 nitrogen and oxygen atoms in total. The van der Waals surface area contributed by atoms with Crippen molar-refractivity contribution in [2.24, 2.45) is 5.92 Å². The summed E-state index contributed by atoms with van der Waals surface area (Å²) in [5, 5.41) is 3.41. The Morgan fingerprint density at radius 3 is 3.38 bits per heavy atom. The molecule has 0 amide bonds. The van der Waals surface area contributed by atoms with Gasteiger partial charge in [0.2, 0.25) is 5.95 Å². The average Bonchev–Trinajstić information content (AvgIpc) is 2.65. The monoisotopic (exact) mass is 177 g/mol. The van der Waals surface area contributed by atoms with Gasteiger partial charge >= 0.3 is 0 Å². The Balaban J connectivity index is 2.05. The van der Waals surface area contributed by atoms with Crippen LogP contribution in [0, 0.1) is 12.8 Å². The summed E-state index contributed by atoms with van der Waals surface area (Å²) in [4.78, 5) is 4.46. The molecule has 2 unspecified atom stereocenters. The lowest BCUT2D eigenvalue weighted by atomic mass is 10.0. The summed E-state index contributed by atoms with van der Waals surface area (Å²) in [5.74, 6) is 1.93. The maximum absolute atomic E-state index is 4.46. The topological polar surface area (TPSA) is 29.9 Å². The van der Waals surface area contributed by atoms with Gasteiger partial charge in [-0.2, -0.15) is 0 Å². The van der Waals surface area contributed by atoms with E-state index in [1.165, 1.54) is 19.3 Å². The molecule has 3 rings (SSSR count). The van der Waals surface area contributed by atoms with Gasteiger partial charge in [-0.3, -0.25) is 0 Å². The maximum atomic E-state index is 4.46. The van der Waals surface area contributed by atoms with Crippen molar-refractivity contribution in [1.82, 2.24) is 9.55 Å². The van der Waals surface area contributed by atoms with Gasteiger partial charge in [-0.25, -0.2) is 4.98 Å². The summed E-state index contributed by atoms with van der Waals surface area (Å²) in [6.45, 7) is 3.19. The average molecular weight is 177 g/mol. The number of aryl methyl sites for hydroxylation is 1. The van der Waals surface area contributed by atoms with E-state index in [0.29, 0.717) is 0 Å². The molecule has 0 saturated heterocycles. The molecule has 13 heavy (non-hydrogen) atoms. The van der Waals surface area contributed by atoms with Gasteiger partial charge in [0.15, 0.2) is 0 Å². The molecule has 3 heteroatoms. The van der Waals surface area contributed by atoms with Crippen LogP contribution in [0.3, 0.4) is 0 Å². The summed E-state index contributed by atoms with van der Waals surface area (Å²) in [7, 11) is 0. The summed E-state index contributed by atoms with van der Waals surface area (Å²) >= 11 is 0. The molecule has 1 aliphatic carbocycles. The van der Waals surface area contributed by atoms with Crippen molar-refractivity contribution >= 4 is 5.95 Å². The number of hydrogen-bond acceptors (Lipinski definition) is 2. The second-order valence-electron chi connectivity index (χ2n) is 4.25. The summed E-state index contributed by atoms with van der Waals surface area (Å²) < 4.78 is 2.34. The quantitative estimate of drug-likeness (QED) is 0.656. The largest absolute Gasteiger partial charge is 0.355 e. The Labute approximate surface area is 78.2 Å². The van der Waals surface area contributed by atoms with Crippen LogP contribution in [0.5, 0.6) is 0 Å². The molecule has 0 spiro atoms. The molecule has 70 valence electrons. The third-order valence-corrected chi connectivity index (χ3v) is 3.35. The molecule has 1 N–H and O–H groups in total. The molecule has 1 fully saturated rings. The van der Waals surface area contributed by atoms with Crippen LogP contribution in [0.25, 0.3) is 0 Å². The predicted molar refractivity (Wildman–Crippen MR) is 51.8 cm³/mol. The molecular formula is C10H15N3. The molecular weight excluding hydrogens is 162 g/mol. The summed E-state index contributed by atoms with van der Waals surface area (Å²) in [6.07, 6.45) is 6.29. The smallest absolute Gasteiger partial charge is 0.203 e. The third-order valence-electron chi connectivity index (χ3n) is 3.35. The lowest BCUT2D eigenvalue weighted by molar-refractivity contribution is 0.375. The summed E-state index contributed by atoms with van der Waals surface area (Å²) in [5.41, 5.74) is 1.13. The van der Waals surface area contributed by atoms with Crippen LogP contribution in [0.2, 0.25) is 0 Å². The van der Waals surface area contributed by atoms with Crippen LogP contribution in [-0.2, 0) is 0 Å². The summed E-state index contributed by atoms with van der Waals surface area (Å²) in [6, 6.07) is 0.734. The zero-order chi connectivity index (χ0) is 8.84. The molecule has 1 aliphatic heterocycles. The van der Waals surface area contributed by atoms with Gasteiger partial charge in [-0.15, -0.1) is 0 Å². The zero-order valence-corrected chi connectivity index (χ0v) is 7.95. The van der Waals surface area contributed by atoms with E-state index in [1.807, 2.05) is 0 Å². The van der Waals surface area contributed by atoms with E-state index in [4.69, 9.17) is 0 Å². The molecule has 0 radical (unpaired) electrons. The molecule has 0 aromatic carbocycles. The van der Waals surface area contributed by atoms with Crippen LogP contribution in [0.4, 0.5) is 5.95 Å². The van der Waals surface area contributed by atoms with Crippen LogP contribution < -0.4 is 5.32 Å². The molecule has 2 atom stereocenters. The van der Waals surface area contributed by atoms with Gasteiger partial charge in [0.05, 0.1) is 5.69 Å². The van der Waals surface area contributed by atoms with Crippen molar-refractivity contribution in [3.63, 3.8) is 0 Å². The number of aromatic nitrogens is 2. The molecule has 1 aromatic rings. The fourth-order valence-corrected chi connectivity index (χ4v) is 2.74. The van der Waals surface area contributed by atoms with E-state index in [2.05, 4.69) is 28.0 Å². The first kappa shape index (κ1) is 7.42. The first-order chi connectivity index (χ1) is 6.34. The molecule has 1 saturated carbocycles. The number of anilines is 1. The second kappa shape index (κ2) is 2.50. The van der Waals surface area contributed by atoms with Crippen molar-refractivity contribution in [3.05, 3.63) is 11.9 Å². The van der Waals surface area contributed by atoms with Crippen LogP contribution >= 0.6 is 0 Å². The van der Waals surface area contributed by atoms with Crippen LogP contribution in [0.1, 0.15) is 31.0 Å². The van der Waals surface area contributed by atoms with Gasteiger partial charge in [0.1, 0.15) is 0 Å². The number of nitrogens with zero attached hydrogens (tertiary/aromatic N) is 2. The van der Waals surface area contributed by atoms with E-state index < -0.39 is 0 Å². The van der Waals surface area contributed by atoms with Gasteiger partial charge in [0, 0.05) is 18.8 Å². The number of hydrogen-bond donors (Lipinski definition) is 1. The van der Waals surface area contributed by atoms with Gasteiger partial charge in [-0.1, -0.05) is 6.42 Å². The van der Waals surface area contributed by atoms with Crippen molar-refractivity contribution < 1.29 is 0 Å². The number of imidazole rings is 1. The Morgan fingerprint density at radius 2 is 2.46 bits per heavy atom. The molecule has 0 bridgehead atoms. The lowest BCUT2D eigenvalue weighted by Gasteiger charge is -2.28. The highest BCUT2D eigenvalue weighted by Crippen LogP contribution is 2.40. The Kier molecular flexibility index (Phi) is 1.43. The highest BCUT2D eigenvalue weighted by molar-refractivity contribution is 5.32. The Hall–Kier alpha value is -0.990. The van der Waals surface area contributed by atoms with E-state index in [0.717, 1.165) is 30.1 Å². The fourth-order valence-electron chi connectivity index (χ4n) is 2.74. The fraction of sp³-hybridized carbons (Fsp3) is 0.700. The minimum atomic E-state index is 0.734. The maximum Gasteiger partial charge on any atom is 0.203 e. The first-order valence-corrected chi connectivity index (χ1v) is 5.14. The van der Waals surface area contributed by atoms with E-state index >= 15 is 0 Å². The lowest BCUT2D eigenvalue weighted by Crippen LogP contribution is -2.28. The Bertz CT molecular complexity index is 329. The van der Waals surface area contributed by atoms with Crippen LogP contribution in [0.15, 0.2) is 6.20 Å². The van der Waals surface area contributed by atoms with E-state index in [1.54, 1.807) is 0 Å².